The number of aryl methyl sites for hydroxylation is 1. The van der Waals surface area contributed by atoms with Crippen molar-refractivity contribution in [3.05, 3.63) is 29.8 Å². The number of nitrogens with two attached hydrogens (primary N) is 1. The van der Waals surface area contributed by atoms with Crippen LogP contribution in [-0.2, 0) is 12.3 Å². The average Bonchev–Trinajstić information content (AvgIpc) is 2.98. The Bertz CT molecular complexity index is 751. The van der Waals surface area contributed by atoms with E-state index in [0.29, 0.717) is 16.4 Å². The monoisotopic (exact) mass is 309 g/mol. The van der Waals surface area contributed by atoms with Crippen molar-refractivity contribution < 1.29 is 4.39 Å². The Balaban J connectivity index is 1.90. The Morgan fingerprint density at radius 1 is 1.40 bits per heavy atom. The van der Waals surface area contributed by atoms with Crippen LogP contribution in [0.1, 0.15) is 12.7 Å². The number of imidazole rings is 1. The van der Waals surface area contributed by atoms with Gasteiger partial charge in [0.15, 0.2) is 4.34 Å². The van der Waals surface area contributed by atoms with Gasteiger partial charge in [0.05, 0.1) is 16.8 Å². The number of hydrogen-bond donors (Lipinski definition) is 1. The van der Waals surface area contributed by atoms with Crippen LogP contribution >= 0.6 is 23.1 Å². The second-order valence-electron chi connectivity index (χ2n) is 4.10. The standard InChI is InChI=1S/C12H12FN5S2/c1-2-18-9-4-3-7(13)5-8(9)15-10(18)6-19-12-17-16-11(14)20-12/h3-5H,2,6H2,1H3,(H2,14,16). The molecular weight excluding hydrogens is 297 g/mol. The zero-order valence-electron chi connectivity index (χ0n) is 10.7. The van der Waals surface area contributed by atoms with Crippen molar-refractivity contribution in [1.29, 1.82) is 0 Å². The number of halogens is 1. The van der Waals surface area contributed by atoms with Crippen LogP contribution in [-0.4, -0.2) is 19.7 Å². The van der Waals surface area contributed by atoms with Crippen molar-refractivity contribution in [2.24, 2.45) is 0 Å². The molecule has 0 amide bonds. The van der Waals surface area contributed by atoms with Crippen LogP contribution in [0, 0.1) is 5.82 Å². The topological polar surface area (TPSA) is 69.6 Å². The van der Waals surface area contributed by atoms with Crippen molar-refractivity contribution in [3.8, 4) is 0 Å². The van der Waals surface area contributed by atoms with Crippen LogP contribution in [0.5, 0.6) is 0 Å². The number of benzene rings is 1. The average molecular weight is 309 g/mol. The van der Waals surface area contributed by atoms with Gasteiger partial charge in [0.2, 0.25) is 5.13 Å². The van der Waals surface area contributed by atoms with Crippen LogP contribution in [0.4, 0.5) is 9.52 Å². The van der Waals surface area contributed by atoms with Gasteiger partial charge in [0.25, 0.3) is 0 Å². The molecule has 0 radical (unpaired) electrons. The first-order chi connectivity index (χ1) is 9.67. The fourth-order valence-corrected chi connectivity index (χ4v) is 3.60. The molecule has 20 heavy (non-hydrogen) atoms. The van der Waals surface area contributed by atoms with Gasteiger partial charge in [0, 0.05) is 12.6 Å². The summed E-state index contributed by atoms with van der Waals surface area (Å²) in [7, 11) is 0. The first-order valence-corrected chi connectivity index (χ1v) is 7.84. The summed E-state index contributed by atoms with van der Waals surface area (Å²) in [6.45, 7) is 2.83. The lowest BCUT2D eigenvalue weighted by Gasteiger charge is -2.04. The van der Waals surface area contributed by atoms with Crippen LogP contribution in [0.2, 0.25) is 0 Å². The molecule has 2 aromatic heterocycles. The maximum absolute atomic E-state index is 13.3. The van der Waals surface area contributed by atoms with E-state index >= 15 is 0 Å². The molecule has 0 unspecified atom stereocenters. The summed E-state index contributed by atoms with van der Waals surface area (Å²) in [5, 5.41) is 8.20. The molecule has 1 aromatic carbocycles. The molecule has 0 aliphatic rings. The third-order valence-electron chi connectivity index (χ3n) is 2.85. The van der Waals surface area contributed by atoms with Gasteiger partial charge < -0.3 is 10.3 Å². The number of hydrogen-bond acceptors (Lipinski definition) is 6. The minimum absolute atomic E-state index is 0.269. The van der Waals surface area contributed by atoms with Gasteiger partial charge >= 0.3 is 0 Å². The zero-order chi connectivity index (χ0) is 14.1. The molecule has 2 heterocycles. The van der Waals surface area contributed by atoms with Crippen LogP contribution < -0.4 is 5.73 Å². The molecule has 0 bridgehead atoms. The highest BCUT2D eigenvalue weighted by Gasteiger charge is 2.11. The van der Waals surface area contributed by atoms with Gasteiger partial charge in [0.1, 0.15) is 11.6 Å². The molecule has 0 saturated heterocycles. The van der Waals surface area contributed by atoms with E-state index in [4.69, 9.17) is 5.73 Å². The van der Waals surface area contributed by atoms with Crippen molar-refractivity contribution in [2.75, 3.05) is 5.73 Å². The van der Waals surface area contributed by atoms with Crippen LogP contribution in [0.25, 0.3) is 11.0 Å². The lowest BCUT2D eigenvalue weighted by Crippen LogP contribution is -2.00. The maximum Gasteiger partial charge on any atom is 0.203 e. The normalized spacial score (nSPS) is 11.3. The molecule has 0 atom stereocenters. The van der Waals surface area contributed by atoms with E-state index < -0.39 is 0 Å². The van der Waals surface area contributed by atoms with E-state index in [0.717, 1.165) is 22.2 Å². The molecule has 3 rings (SSSR count). The molecule has 0 spiro atoms. The largest absolute Gasteiger partial charge is 0.374 e. The highest BCUT2D eigenvalue weighted by molar-refractivity contribution is 8.00. The summed E-state index contributed by atoms with van der Waals surface area (Å²) in [4.78, 5) is 4.49. The zero-order valence-corrected chi connectivity index (χ0v) is 12.3. The smallest absolute Gasteiger partial charge is 0.203 e. The fraction of sp³-hybridized carbons (Fsp3) is 0.250. The van der Waals surface area contributed by atoms with Gasteiger partial charge in [-0.3, -0.25) is 0 Å². The highest BCUT2D eigenvalue weighted by Crippen LogP contribution is 2.28. The first kappa shape index (κ1) is 13.3. The molecule has 0 aliphatic heterocycles. The molecule has 0 fully saturated rings. The van der Waals surface area contributed by atoms with E-state index in [-0.39, 0.29) is 5.82 Å². The number of rotatable bonds is 4. The Kier molecular flexibility index (Phi) is 3.58. The summed E-state index contributed by atoms with van der Waals surface area (Å²) in [5.74, 6) is 1.28. The third-order valence-corrected chi connectivity index (χ3v) is 4.73. The molecular formula is C12H12FN5S2. The lowest BCUT2D eigenvalue weighted by atomic mass is 10.3. The first-order valence-electron chi connectivity index (χ1n) is 6.04. The molecule has 3 aromatic rings. The van der Waals surface area contributed by atoms with Crippen LogP contribution in [0.3, 0.4) is 0 Å². The summed E-state index contributed by atoms with van der Waals surface area (Å²) in [6.07, 6.45) is 0. The predicted octanol–water partition coefficient (Wildman–Crippen LogP) is 2.92. The number of nitrogens with zero attached hydrogens (tertiary/aromatic N) is 4. The third kappa shape index (κ3) is 2.48. The number of anilines is 1. The minimum atomic E-state index is -0.269. The number of thioether (sulfide) groups is 1. The minimum Gasteiger partial charge on any atom is -0.374 e. The summed E-state index contributed by atoms with van der Waals surface area (Å²) in [6, 6.07) is 4.68. The van der Waals surface area contributed by atoms with Crippen molar-refractivity contribution in [2.45, 2.75) is 23.6 Å². The summed E-state index contributed by atoms with van der Waals surface area (Å²) >= 11 is 2.88. The Morgan fingerprint density at radius 2 is 2.25 bits per heavy atom. The molecule has 104 valence electrons. The Morgan fingerprint density at radius 3 is 2.95 bits per heavy atom. The summed E-state index contributed by atoms with van der Waals surface area (Å²) < 4.78 is 16.1. The molecule has 5 nitrogen and oxygen atoms in total. The van der Waals surface area contributed by atoms with E-state index in [1.165, 1.54) is 35.2 Å². The number of aromatic nitrogens is 4. The van der Waals surface area contributed by atoms with Crippen molar-refractivity contribution in [1.82, 2.24) is 19.7 Å². The number of fused-ring (bicyclic) bond motifs is 1. The number of nitrogen functional groups attached to an aromatic ring is 1. The van der Waals surface area contributed by atoms with Crippen molar-refractivity contribution >= 4 is 39.3 Å². The molecule has 0 aliphatic carbocycles. The Labute approximate surface area is 123 Å². The summed E-state index contributed by atoms with van der Waals surface area (Å²) in [5.41, 5.74) is 7.18. The molecule has 0 saturated carbocycles. The molecule has 2 N–H and O–H groups in total. The van der Waals surface area contributed by atoms with Gasteiger partial charge in [-0.05, 0) is 19.1 Å². The predicted molar refractivity (Wildman–Crippen MR) is 79.2 cm³/mol. The van der Waals surface area contributed by atoms with Gasteiger partial charge in [-0.1, -0.05) is 23.1 Å². The van der Waals surface area contributed by atoms with E-state index in [9.17, 15) is 4.39 Å². The maximum atomic E-state index is 13.3. The highest BCUT2D eigenvalue weighted by atomic mass is 32.2. The SMILES string of the molecule is CCn1c(CSc2nnc(N)s2)nc2cc(F)ccc21. The lowest BCUT2D eigenvalue weighted by molar-refractivity contribution is 0.629. The second kappa shape index (κ2) is 5.37. The fourth-order valence-electron chi connectivity index (χ4n) is 2.02. The van der Waals surface area contributed by atoms with E-state index in [1.54, 1.807) is 6.07 Å². The van der Waals surface area contributed by atoms with Gasteiger partial charge in [-0.15, -0.1) is 10.2 Å². The van der Waals surface area contributed by atoms with Gasteiger partial charge in [-0.25, -0.2) is 9.37 Å². The quantitative estimate of drug-likeness (QED) is 0.750. The Hall–Kier alpha value is -1.67. The second-order valence-corrected chi connectivity index (χ2v) is 6.33. The molecule has 8 heteroatoms. The van der Waals surface area contributed by atoms with Crippen molar-refractivity contribution in [3.63, 3.8) is 0 Å². The van der Waals surface area contributed by atoms with E-state index in [1.807, 2.05) is 6.92 Å². The van der Waals surface area contributed by atoms with Gasteiger partial charge in [-0.2, -0.15) is 0 Å². The van der Waals surface area contributed by atoms with E-state index in [2.05, 4.69) is 19.7 Å². The van der Waals surface area contributed by atoms with Crippen LogP contribution in [0.15, 0.2) is 22.5 Å².